The van der Waals surface area contributed by atoms with Crippen molar-refractivity contribution in [2.24, 2.45) is 5.92 Å². The lowest BCUT2D eigenvalue weighted by Crippen LogP contribution is -2.33. The highest BCUT2D eigenvalue weighted by Crippen LogP contribution is 2.54. The van der Waals surface area contributed by atoms with Gasteiger partial charge in [0, 0.05) is 21.0 Å². The third kappa shape index (κ3) is 5.45. The number of rotatable bonds is 5. The SMILES string of the molecule is Cc1cccc(NC(=O)Cn2c3c(sc2=O)[C@H](c2cccc(Br)c2)C2C(=O)N(c4cccc(C(F)(F)F)c4)C(=O)C2S3)c1. The number of alkyl halides is 3. The summed E-state index contributed by atoms with van der Waals surface area (Å²) in [7, 11) is 0. The second-order valence-corrected chi connectivity index (χ2v) is 13.2. The van der Waals surface area contributed by atoms with E-state index in [4.69, 9.17) is 0 Å². The van der Waals surface area contributed by atoms with Crippen molar-refractivity contribution in [3.8, 4) is 0 Å². The van der Waals surface area contributed by atoms with Crippen LogP contribution in [0, 0.1) is 12.8 Å². The summed E-state index contributed by atoms with van der Waals surface area (Å²) < 4.78 is 42.5. The Labute approximate surface area is 259 Å². The van der Waals surface area contributed by atoms with Gasteiger partial charge in [0.05, 0.1) is 22.2 Å². The van der Waals surface area contributed by atoms with Gasteiger partial charge >= 0.3 is 11.0 Å². The zero-order valence-corrected chi connectivity index (χ0v) is 25.4. The van der Waals surface area contributed by atoms with Crippen molar-refractivity contribution < 1.29 is 27.6 Å². The van der Waals surface area contributed by atoms with Crippen molar-refractivity contribution >= 4 is 68.1 Å². The number of benzene rings is 3. The Hall–Kier alpha value is -3.68. The molecule has 1 saturated heterocycles. The van der Waals surface area contributed by atoms with E-state index in [1.54, 1.807) is 42.5 Å². The first-order chi connectivity index (χ1) is 20.4. The summed E-state index contributed by atoms with van der Waals surface area (Å²) in [5.74, 6) is -3.51. The number of thiazole rings is 1. The number of anilines is 2. The molecule has 2 aliphatic heterocycles. The number of hydrogen-bond donors (Lipinski definition) is 1. The molecule has 0 radical (unpaired) electrons. The summed E-state index contributed by atoms with van der Waals surface area (Å²) in [6.45, 7) is 1.56. The molecule has 0 spiro atoms. The zero-order valence-electron chi connectivity index (χ0n) is 22.2. The fourth-order valence-electron chi connectivity index (χ4n) is 5.46. The molecule has 3 aromatic carbocycles. The first kappa shape index (κ1) is 29.4. The smallest absolute Gasteiger partial charge is 0.325 e. The van der Waals surface area contributed by atoms with Crippen molar-refractivity contribution in [3.05, 3.63) is 109 Å². The van der Waals surface area contributed by atoms with Gasteiger partial charge in [0.25, 0.3) is 0 Å². The zero-order chi connectivity index (χ0) is 30.6. The Balaban J connectivity index is 1.41. The number of nitrogens with one attached hydrogen (secondary N) is 1. The Bertz CT molecular complexity index is 1850. The minimum Gasteiger partial charge on any atom is -0.325 e. The van der Waals surface area contributed by atoms with Gasteiger partial charge in [0.15, 0.2) is 0 Å². The first-order valence-electron chi connectivity index (χ1n) is 13.0. The number of halogens is 4. The highest BCUT2D eigenvalue weighted by Gasteiger charge is 2.57. The molecule has 1 aromatic heterocycles. The fraction of sp³-hybridized carbons (Fsp3) is 0.200. The average molecular weight is 689 g/mol. The molecule has 3 heterocycles. The van der Waals surface area contributed by atoms with Gasteiger partial charge in [-0.1, -0.05) is 69.4 Å². The molecule has 4 aromatic rings. The predicted molar refractivity (Wildman–Crippen MR) is 161 cm³/mol. The normalized spacial score (nSPS) is 19.7. The van der Waals surface area contributed by atoms with E-state index in [9.17, 15) is 32.3 Å². The molecule has 2 unspecified atom stereocenters. The van der Waals surface area contributed by atoms with E-state index in [2.05, 4.69) is 21.2 Å². The molecule has 0 saturated carbocycles. The Kier molecular flexibility index (Phi) is 7.59. The van der Waals surface area contributed by atoms with Crippen LogP contribution in [-0.4, -0.2) is 27.5 Å². The molecule has 0 aliphatic carbocycles. The van der Waals surface area contributed by atoms with Gasteiger partial charge in [-0.2, -0.15) is 13.2 Å². The molecule has 3 amide bonds. The van der Waals surface area contributed by atoms with Gasteiger partial charge in [-0.3, -0.25) is 23.7 Å². The van der Waals surface area contributed by atoms with Crippen LogP contribution in [-0.2, 0) is 27.1 Å². The van der Waals surface area contributed by atoms with E-state index in [0.29, 0.717) is 25.6 Å². The van der Waals surface area contributed by atoms with Crippen LogP contribution < -0.4 is 15.1 Å². The Morgan fingerprint density at radius 3 is 2.44 bits per heavy atom. The highest BCUT2D eigenvalue weighted by atomic mass is 79.9. The number of aryl methyl sites for hydroxylation is 1. The number of aromatic nitrogens is 1. The number of carbonyl (C=O) groups excluding carboxylic acids is 3. The Morgan fingerprint density at radius 2 is 1.72 bits per heavy atom. The molecule has 0 bridgehead atoms. The van der Waals surface area contributed by atoms with E-state index < -0.39 is 51.4 Å². The summed E-state index contributed by atoms with van der Waals surface area (Å²) in [6.07, 6.45) is -4.67. The van der Waals surface area contributed by atoms with E-state index in [0.717, 1.165) is 51.8 Å². The summed E-state index contributed by atoms with van der Waals surface area (Å²) >= 11 is 5.33. The molecular formula is C30H21BrF3N3O4S2. The van der Waals surface area contributed by atoms with Gasteiger partial charge in [0.2, 0.25) is 17.7 Å². The second-order valence-electron chi connectivity index (χ2n) is 10.2. The maximum atomic E-state index is 13.9. The predicted octanol–water partition coefficient (Wildman–Crippen LogP) is 6.43. The molecule has 13 heteroatoms. The first-order valence-corrected chi connectivity index (χ1v) is 15.5. The standard InChI is InChI=1S/C30H21BrF3N3O4S2/c1-15-5-2-9-19(11-15)35-21(38)14-36-28-25(43-29(36)41)22(16-6-3-8-18(31)12-16)23-24(42-28)27(40)37(26(23)39)20-10-4-7-17(13-20)30(32,33)34/h2-13,22-24H,14H2,1H3,(H,35,38)/t22-,23?,24?/m1/s1. The minimum absolute atomic E-state index is 0.175. The number of amides is 3. The quantitative estimate of drug-likeness (QED) is 0.244. The van der Waals surface area contributed by atoms with Crippen molar-refractivity contribution in [3.63, 3.8) is 0 Å². The van der Waals surface area contributed by atoms with Crippen LogP contribution in [0.15, 0.2) is 87.1 Å². The summed E-state index contributed by atoms with van der Waals surface area (Å²) in [5.41, 5.74) is 0.997. The van der Waals surface area contributed by atoms with Crippen LogP contribution in [0.25, 0.3) is 0 Å². The summed E-state index contributed by atoms with van der Waals surface area (Å²) in [4.78, 5) is 55.0. The number of nitrogens with zero attached hydrogens (tertiary/aromatic N) is 2. The number of imide groups is 1. The van der Waals surface area contributed by atoms with E-state index in [-0.39, 0.29) is 12.2 Å². The van der Waals surface area contributed by atoms with Crippen LogP contribution in [0.2, 0.25) is 0 Å². The number of thioether (sulfide) groups is 1. The molecule has 1 N–H and O–H groups in total. The molecule has 3 atom stereocenters. The summed E-state index contributed by atoms with van der Waals surface area (Å²) in [5, 5.41) is 2.14. The molecule has 43 heavy (non-hydrogen) atoms. The number of fused-ring (bicyclic) bond motifs is 2. The fourth-order valence-corrected chi connectivity index (χ4v) is 8.65. The van der Waals surface area contributed by atoms with Gasteiger partial charge < -0.3 is 5.32 Å². The molecular weight excluding hydrogens is 667 g/mol. The van der Waals surface area contributed by atoms with Crippen LogP contribution in [0.1, 0.15) is 27.5 Å². The monoisotopic (exact) mass is 687 g/mol. The van der Waals surface area contributed by atoms with Crippen molar-refractivity contribution in [1.29, 1.82) is 0 Å². The van der Waals surface area contributed by atoms with Gasteiger partial charge in [-0.15, -0.1) is 0 Å². The average Bonchev–Trinajstić information content (AvgIpc) is 3.38. The third-order valence-electron chi connectivity index (χ3n) is 7.29. The third-order valence-corrected chi connectivity index (χ3v) is 10.4. The van der Waals surface area contributed by atoms with Crippen LogP contribution in [0.5, 0.6) is 0 Å². The van der Waals surface area contributed by atoms with Gasteiger partial charge in [0.1, 0.15) is 11.8 Å². The number of hydrogen-bond acceptors (Lipinski definition) is 6. The van der Waals surface area contributed by atoms with Gasteiger partial charge in [-0.05, 0) is 60.5 Å². The number of carbonyl (C=O) groups is 3. The maximum Gasteiger partial charge on any atom is 0.416 e. The lowest BCUT2D eigenvalue weighted by atomic mass is 9.83. The molecule has 6 rings (SSSR count). The van der Waals surface area contributed by atoms with Crippen molar-refractivity contribution in [2.75, 3.05) is 10.2 Å². The highest BCUT2D eigenvalue weighted by molar-refractivity contribution is 9.10. The van der Waals surface area contributed by atoms with Gasteiger partial charge in [-0.25, -0.2) is 4.90 Å². The van der Waals surface area contributed by atoms with E-state index in [1.807, 2.05) is 13.0 Å². The van der Waals surface area contributed by atoms with Crippen LogP contribution in [0.3, 0.4) is 0 Å². The van der Waals surface area contributed by atoms with E-state index >= 15 is 0 Å². The Morgan fingerprint density at radius 1 is 0.977 bits per heavy atom. The summed E-state index contributed by atoms with van der Waals surface area (Å²) in [6, 6.07) is 18.4. The second kappa shape index (κ2) is 11.1. The lowest BCUT2D eigenvalue weighted by molar-refractivity contribution is -0.137. The maximum absolute atomic E-state index is 13.9. The minimum atomic E-state index is -4.67. The molecule has 7 nitrogen and oxygen atoms in total. The molecule has 1 fully saturated rings. The van der Waals surface area contributed by atoms with E-state index in [1.165, 1.54) is 10.6 Å². The van der Waals surface area contributed by atoms with Crippen LogP contribution >= 0.6 is 39.0 Å². The lowest BCUT2D eigenvalue weighted by Gasteiger charge is -2.30. The molecule has 220 valence electrons. The van der Waals surface area contributed by atoms with Crippen molar-refractivity contribution in [2.45, 2.75) is 35.8 Å². The van der Waals surface area contributed by atoms with Crippen LogP contribution in [0.4, 0.5) is 24.5 Å². The topological polar surface area (TPSA) is 88.5 Å². The largest absolute Gasteiger partial charge is 0.416 e. The molecule has 2 aliphatic rings. The van der Waals surface area contributed by atoms with Crippen molar-refractivity contribution in [1.82, 2.24) is 4.57 Å².